The van der Waals surface area contributed by atoms with Crippen LogP contribution in [0, 0.1) is 0 Å². The summed E-state index contributed by atoms with van der Waals surface area (Å²) in [6, 6.07) is 12.6. The molecule has 0 aliphatic carbocycles. The number of benzene rings is 2. The minimum atomic E-state index is 0.644. The van der Waals surface area contributed by atoms with Crippen LogP contribution in [0.5, 0.6) is 0 Å². The van der Waals surface area contributed by atoms with Crippen LogP contribution in [-0.4, -0.2) is 7.11 Å². The van der Waals surface area contributed by atoms with Gasteiger partial charge in [0.05, 0.1) is 6.61 Å². The molecule has 2 heteroatoms. The Balaban J connectivity index is 2.59. The Hall–Kier alpha value is -0.860. The number of halogens is 1. The van der Waals surface area contributed by atoms with Gasteiger partial charge in [-0.05, 0) is 28.5 Å². The quantitative estimate of drug-likeness (QED) is 0.789. The summed E-state index contributed by atoms with van der Waals surface area (Å²) in [6.07, 6.45) is 0. The topological polar surface area (TPSA) is 9.23 Å². The van der Waals surface area contributed by atoms with Crippen LogP contribution in [0.2, 0.25) is 0 Å². The van der Waals surface area contributed by atoms with Gasteiger partial charge in [0.1, 0.15) is 0 Å². The van der Waals surface area contributed by atoms with Crippen LogP contribution in [0.4, 0.5) is 0 Å². The van der Waals surface area contributed by atoms with Crippen molar-refractivity contribution >= 4 is 26.7 Å². The molecule has 0 aromatic heterocycles. The molecule has 0 radical (unpaired) electrons. The standard InChI is InChI=1S/C12H11BrO/c1-14-8-11-6-9-4-2-3-5-10(9)7-12(11)13/h2-7H,8H2,1H3. The van der Waals surface area contributed by atoms with Crippen LogP contribution in [-0.2, 0) is 11.3 Å². The third-order valence-corrected chi connectivity index (χ3v) is 2.95. The van der Waals surface area contributed by atoms with E-state index in [1.54, 1.807) is 7.11 Å². The van der Waals surface area contributed by atoms with Gasteiger partial charge in [-0.15, -0.1) is 0 Å². The van der Waals surface area contributed by atoms with Gasteiger partial charge >= 0.3 is 0 Å². The average Bonchev–Trinajstić information content (AvgIpc) is 2.19. The van der Waals surface area contributed by atoms with Crippen molar-refractivity contribution in [3.8, 4) is 0 Å². The summed E-state index contributed by atoms with van der Waals surface area (Å²) in [5, 5.41) is 2.50. The summed E-state index contributed by atoms with van der Waals surface area (Å²) in [5.74, 6) is 0. The highest BCUT2D eigenvalue weighted by Crippen LogP contribution is 2.24. The zero-order valence-electron chi connectivity index (χ0n) is 7.96. The van der Waals surface area contributed by atoms with Gasteiger partial charge in [0, 0.05) is 11.6 Å². The highest BCUT2D eigenvalue weighted by molar-refractivity contribution is 9.10. The largest absolute Gasteiger partial charge is 0.380 e. The number of hydrogen-bond acceptors (Lipinski definition) is 1. The Labute approximate surface area is 91.8 Å². The second-order valence-corrected chi connectivity index (χ2v) is 4.08. The highest BCUT2D eigenvalue weighted by atomic mass is 79.9. The fraction of sp³-hybridized carbons (Fsp3) is 0.167. The first kappa shape index (κ1) is 9.69. The van der Waals surface area contributed by atoms with E-state index in [4.69, 9.17) is 4.74 Å². The summed E-state index contributed by atoms with van der Waals surface area (Å²) >= 11 is 3.54. The van der Waals surface area contributed by atoms with Crippen molar-refractivity contribution in [3.05, 3.63) is 46.4 Å². The second-order valence-electron chi connectivity index (χ2n) is 3.22. The summed E-state index contributed by atoms with van der Waals surface area (Å²) in [7, 11) is 1.71. The van der Waals surface area contributed by atoms with Gasteiger partial charge in [-0.25, -0.2) is 0 Å². The lowest BCUT2D eigenvalue weighted by Crippen LogP contribution is -1.89. The monoisotopic (exact) mass is 250 g/mol. The predicted octanol–water partition coefficient (Wildman–Crippen LogP) is 3.75. The molecule has 0 bridgehead atoms. The predicted molar refractivity (Wildman–Crippen MR) is 62.4 cm³/mol. The minimum Gasteiger partial charge on any atom is -0.380 e. The fourth-order valence-electron chi connectivity index (χ4n) is 1.53. The van der Waals surface area contributed by atoms with E-state index < -0.39 is 0 Å². The lowest BCUT2D eigenvalue weighted by molar-refractivity contribution is 0.184. The number of ether oxygens (including phenoxy) is 1. The van der Waals surface area contributed by atoms with Crippen LogP contribution >= 0.6 is 15.9 Å². The smallest absolute Gasteiger partial charge is 0.0724 e. The molecule has 0 aliphatic heterocycles. The van der Waals surface area contributed by atoms with Crippen LogP contribution < -0.4 is 0 Å². The Bertz CT molecular complexity index is 451. The molecule has 2 aromatic carbocycles. The van der Waals surface area contributed by atoms with Crippen LogP contribution in [0.1, 0.15) is 5.56 Å². The van der Waals surface area contributed by atoms with Gasteiger partial charge in [0.15, 0.2) is 0 Å². The number of rotatable bonds is 2. The molecule has 0 atom stereocenters. The van der Waals surface area contributed by atoms with E-state index in [0.717, 1.165) is 4.47 Å². The number of fused-ring (bicyclic) bond motifs is 1. The van der Waals surface area contributed by atoms with E-state index in [0.29, 0.717) is 6.61 Å². The third kappa shape index (κ3) is 1.81. The first-order valence-corrected chi connectivity index (χ1v) is 5.26. The van der Waals surface area contributed by atoms with Gasteiger partial charge in [-0.3, -0.25) is 0 Å². The van der Waals surface area contributed by atoms with Crippen LogP contribution in [0.3, 0.4) is 0 Å². The highest BCUT2D eigenvalue weighted by Gasteiger charge is 2.01. The molecule has 0 aliphatic rings. The number of hydrogen-bond donors (Lipinski definition) is 0. The molecule has 72 valence electrons. The first-order valence-electron chi connectivity index (χ1n) is 4.47. The Morgan fingerprint density at radius 2 is 1.79 bits per heavy atom. The lowest BCUT2D eigenvalue weighted by atomic mass is 10.1. The molecule has 0 spiro atoms. The summed E-state index contributed by atoms with van der Waals surface area (Å²) in [6.45, 7) is 0.644. The first-order chi connectivity index (χ1) is 6.81. The molecular formula is C12H11BrO. The summed E-state index contributed by atoms with van der Waals surface area (Å²) in [5.41, 5.74) is 1.19. The van der Waals surface area contributed by atoms with E-state index in [9.17, 15) is 0 Å². The number of methoxy groups -OCH3 is 1. The molecule has 14 heavy (non-hydrogen) atoms. The maximum atomic E-state index is 5.13. The molecule has 0 saturated heterocycles. The van der Waals surface area contributed by atoms with E-state index in [1.807, 2.05) is 12.1 Å². The molecule has 0 N–H and O–H groups in total. The minimum absolute atomic E-state index is 0.644. The Morgan fingerprint density at radius 1 is 1.14 bits per heavy atom. The van der Waals surface area contributed by atoms with E-state index in [1.165, 1.54) is 16.3 Å². The molecule has 0 saturated carbocycles. The Kier molecular flexibility index (Phi) is 2.85. The van der Waals surface area contributed by atoms with Gasteiger partial charge in [-0.1, -0.05) is 40.2 Å². The third-order valence-electron chi connectivity index (χ3n) is 2.21. The molecule has 0 amide bonds. The SMILES string of the molecule is COCc1cc2ccccc2cc1Br. The van der Waals surface area contributed by atoms with Gasteiger partial charge < -0.3 is 4.74 Å². The zero-order chi connectivity index (χ0) is 9.97. The van der Waals surface area contributed by atoms with Crippen molar-refractivity contribution in [1.29, 1.82) is 0 Å². The normalized spacial score (nSPS) is 10.7. The van der Waals surface area contributed by atoms with Crippen molar-refractivity contribution in [2.24, 2.45) is 0 Å². The summed E-state index contributed by atoms with van der Waals surface area (Å²) in [4.78, 5) is 0. The molecule has 2 rings (SSSR count). The van der Waals surface area contributed by atoms with E-state index >= 15 is 0 Å². The summed E-state index contributed by atoms with van der Waals surface area (Å²) < 4.78 is 6.24. The van der Waals surface area contributed by atoms with E-state index in [2.05, 4.69) is 40.2 Å². The van der Waals surface area contributed by atoms with Crippen LogP contribution in [0.15, 0.2) is 40.9 Å². The zero-order valence-corrected chi connectivity index (χ0v) is 9.54. The van der Waals surface area contributed by atoms with E-state index in [-0.39, 0.29) is 0 Å². The fourth-order valence-corrected chi connectivity index (χ4v) is 2.00. The molecule has 0 heterocycles. The maximum Gasteiger partial charge on any atom is 0.0724 e. The van der Waals surface area contributed by atoms with Crippen molar-refractivity contribution < 1.29 is 4.74 Å². The van der Waals surface area contributed by atoms with Crippen molar-refractivity contribution in [2.75, 3.05) is 7.11 Å². The molecular weight excluding hydrogens is 240 g/mol. The molecule has 2 aromatic rings. The molecule has 0 unspecified atom stereocenters. The second kappa shape index (κ2) is 4.11. The van der Waals surface area contributed by atoms with Gasteiger partial charge in [0.25, 0.3) is 0 Å². The van der Waals surface area contributed by atoms with Crippen LogP contribution in [0.25, 0.3) is 10.8 Å². The van der Waals surface area contributed by atoms with Crippen molar-refractivity contribution in [3.63, 3.8) is 0 Å². The molecule has 1 nitrogen and oxygen atoms in total. The van der Waals surface area contributed by atoms with Crippen molar-refractivity contribution in [2.45, 2.75) is 6.61 Å². The van der Waals surface area contributed by atoms with Gasteiger partial charge in [-0.2, -0.15) is 0 Å². The Morgan fingerprint density at radius 3 is 2.43 bits per heavy atom. The average molecular weight is 251 g/mol. The van der Waals surface area contributed by atoms with Gasteiger partial charge in [0.2, 0.25) is 0 Å². The maximum absolute atomic E-state index is 5.13. The molecule has 0 fully saturated rings. The lowest BCUT2D eigenvalue weighted by Gasteiger charge is -2.05. The van der Waals surface area contributed by atoms with Crippen molar-refractivity contribution in [1.82, 2.24) is 0 Å².